The molecule has 0 aliphatic rings. The predicted octanol–water partition coefficient (Wildman–Crippen LogP) is 2.17. The van der Waals surface area contributed by atoms with Gasteiger partial charge in [-0.05, 0) is 38.6 Å². The molecule has 0 fully saturated rings. The molecule has 3 N–H and O–H groups in total. The molecule has 0 aliphatic heterocycles. The van der Waals surface area contributed by atoms with Gasteiger partial charge >= 0.3 is 5.97 Å². The maximum Gasteiger partial charge on any atom is 0.306 e. The second-order valence-electron chi connectivity index (χ2n) is 3.54. The van der Waals surface area contributed by atoms with Crippen LogP contribution in [0.3, 0.4) is 0 Å². The molecule has 0 aromatic heterocycles. The van der Waals surface area contributed by atoms with E-state index in [2.05, 4.69) is 6.58 Å². The largest absolute Gasteiger partial charge is 0.481 e. The van der Waals surface area contributed by atoms with Crippen LogP contribution in [0.5, 0.6) is 0 Å². The molecule has 0 heterocycles. The minimum atomic E-state index is -0.675. The first-order chi connectivity index (χ1) is 6.72. The zero-order chi connectivity index (χ0) is 10.8. The summed E-state index contributed by atoms with van der Waals surface area (Å²) in [4.78, 5) is 10.8. The van der Waals surface area contributed by atoms with Gasteiger partial charge in [0, 0.05) is 0 Å². The molecular weight excluding hydrogens is 178 g/mol. The normalized spacial score (nSPS) is 12.4. The van der Waals surface area contributed by atoms with E-state index in [0.29, 0.717) is 6.54 Å². The Labute approximate surface area is 86.0 Å². The van der Waals surface area contributed by atoms with Crippen LogP contribution in [-0.2, 0) is 4.79 Å². The molecule has 0 spiro atoms. The van der Waals surface area contributed by atoms with Crippen molar-refractivity contribution in [3.63, 3.8) is 0 Å². The lowest BCUT2D eigenvalue weighted by atomic mass is 9.96. The minimum absolute atomic E-state index is 0.193. The Morgan fingerprint density at radius 2 is 2.00 bits per heavy atom. The van der Waals surface area contributed by atoms with Gasteiger partial charge in [-0.1, -0.05) is 12.5 Å². The van der Waals surface area contributed by atoms with E-state index in [1.165, 1.54) is 0 Å². The smallest absolute Gasteiger partial charge is 0.306 e. The maximum absolute atomic E-state index is 10.8. The van der Waals surface area contributed by atoms with E-state index >= 15 is 0 Å². The van der Waals surface area contributed by atoms with Gasteiger partial charge in [0.2, 0.25) is 0 Å². The maximum atomic E-state index is 10.8. The van der Waals surface area contributed by atoms with Crippen molar-refractivity contribution in [1.29, 1.82) is 0 Å². The van der Waals surface area contributed by atoms with E-state index in [9.17, 15) is 4.79 Å². The van der Waals surface area contributed by atoms with Crippen molar-refractivity contribution in [2.45, 2.75) is 38.5 Å². The highest BCUT2D eigenvalue weighted by Crippen LogP contribution is 2.16. The van der Waals surface area contributed by atoms with Crippen LogP contribution >= 0.6 is 0 Å². The lowest BCUT2D eigenvalue weighted by Crippen LogP contribution is -2.14. The average Bonchev–Trinajstić information content (AvgIpc) is 2.15. The molecule has 3 heteroatoms. The zero-order valence-corrected chi connectivity index (χ0v) is 8.74. The van der Waals surface area contributed by atoms with Gasteiger partial charge in [0.25, 0.3) is 0 Å². The Morgan fingerprint density at radius 1 is 1.36 bits per heavy atom. The predicted molar refractivity (Wildman–Crippen MR) is 58.1 cm³/mol. The number of hydrogen-bond donors (Lipinski definition) is 2. The Bertz CT molecular complexity index is 169. The second-order valence-corrected chi connectivity index (χ2v) is 3.54. The minimum Gasteiger partial charge on any atom is -0.481 e. The lowest BCUT2D eigenvalue weighted by molar-refractivity contribution is -0.142. The molecule has 0 aromatic rings. The summed E-state index contributed by atoms with van der Waals surface area (Å²) in [5, 5.41) is 8.91. The second kappa shape index (κ2) is 8.75. The summed E-state index contributed by atoms with van der Waals surface area (Å²) in [6.07, 6.45) is 7.00. The summed E-state index contributed by atoms with van der Waals surface area (Å²) in [5.41, 5.74) is 5.35. The molecule has 0 saturated heterocycles. The first-order valence-corrected chi connectivity index (χ1v) is 5.26. The highest BCUT2D eigenvalue weighted by molar-refractivity contribution is 5.69. The van der Waals surface area contributed by atoms with Gasteiger partial charge < -0.3 is 10.8 Å². The number of carboxylic acids is 1. The fourth-order valence-corrected chi connectivity index (χ4v) is 1.43. The zero-order valence-electron chi connectivity index (χ0n) is 8.74. The number of nitrogens with two attached hydrogens (primary N) is 1. The number of aliphatic carboxylic acids is 1. The summed E-state index contributed by atoms with van der Waals surface area (Å²) >= 11 is 0. The molecular formula is C11H21NO2. The highest BCUT2D eigenvalue weighted by Gasteiger charge is 2.15. The van der Waals surface area contributed by atoms with Crippen LogP contribution in [0.1, 0.15) is 38.5 Å². The van der Waals surface area contributed by atoms with Gasteiger partial charge in [-0.15, -0.1) is 6.58 Å². The number of unbranched alkanes of at least 4 members (excludes halogenated alkanes) is 2. The highest BCUT2D eigenvalue weighted by atomic mass is 16.4. The monoisotopic (exact) mass is 199 g/mol. The van der Waals surface area contributed by atoms with Gasteiger partial charge in [0.1, 0.15) is 0 Å². The number of rotatable bonds is 9. The van der Waals surface area contributed by atoms with Crippen LogP contribution in [0, 0.1) is 5.92 Å². The molecule has 0 saturated carbocycles. The van der Waals surface area contributed by atoms with Crippen molar-refractivity contribution < 1.29 is 9.90 Å². The van der Waals surface area contributed by atoms with Crippen molar-refractivity contribution in [3.8, 4) is 0 Å². The van der Waals surface area contributed by atoms with Crippen molar-refractivity contribution in [2.24, 2.45) is 11.7 Å². The Hall–Kier alpha value is -0.830. The fourth-order valence-electron chi connectivity index (χ4n) is 1.43. The molecule has 3 nitrogen and oxygen atoms in total. The fraction of sp³-hybridized carbons (Fsp3) is 0.727. The van der Waals surface area contributed by atoms with Crippen molar-refractivity contribution in [2.75, 3.05) is 6.54 Å². The molecule has 82 valence electrons. The van der Waals surface area contributed by atoms with Crippen LogP contribution in [0.15, 0.2) is 12.7 Å². The topological polar surface area (TPSA) is 63.3 Å². The summed E-state index contributed by atoms with van der Waals surface area (Å²) in [6, 6.07) is 0. The molecule has 0 aromatic carbocycles. The Morgan fingerprint density at radius 3 is 2.50 bits per heavy atom. The van der Waals surface area contributed by atoms with Crippen LogP contribution in [0.4, 0.5) is 0 Å². The third-order valence-corrected chi connectivity index (χ3v) is 2.32. The molecule has 1 atom stereocenters. The van der Waals surface area contributed by atoms with Crippen LogP contribution in [0.25, 0.3) is 0 Å². The molecule has 0 rings (SSSR count). The molecule has 1 unspecified atom stereocenters. The Balaban J connectivity index is 3.66. The quantitative estimate of drug-likeness (QED) is 0.442. The number of carboxylic acid groups (broad SMARTS) is 1. The van der Waals surface area contributed by atoms with Crippen molar-refractivity contribution in [1.82, 2.24) is 0 Å². The molecule has 0 bridgehead atoms. The van der Waals surface area contributed by atoms with E-state index in [-0.39, 0.29) is 5.92 Å². The Kier molecular flexibility index (Phi) is 8.24. The van der Waals surface area contributed by atoms with E-state index in [4.69, 9.17) is 10.8 Å². The van der Waals surface area contributed by atoms with Gasteiger partial charge in [0.05, 0.1) is 5.92 Å². The average molecular weight is 199 g/mol. The number of allylic oxidation sites excluding steroid dienone is 1. The van der Waals surface area contributed by atoms with E-state index in [1.807, 2.05) is 6.08 Å². The van der Waals surface area contributed by atoms with Crippen molar-refractivity contribution >= 4 is 5.97 Å². The lowest BCUT2D eigenvalue weighted by Gasteiger charge is -2.10. The summed E-state index contributed by atoms with van der Waals surface area (Å²) in [6.45, 7) is 4.27. The molecule has 0 radical (unpaired) electrons. The van der Waals surface area contributed by atoms with Crippen molar-refractivity contribution in [3.05, 3.63) is 12.7 Å². The van der Waals surface area contributed by atoms with Crippen LogP contribution in [-0.4, -0.2) is 17.6 Å². The van der Waals surface area contributed by atoms with Gasteiger partial charge in [-0.3, -0.25) is 4.79 Å². The summed E-state index contributed by atoms with van der Waals surface area (Å²) in [5.74, 6) is -0.868. The molecule has 0 amide bonds. The van der Waals surface area contributed by atoms with E-state index in [1.54, 1.807) is 0 Å². The summed E-state index contributed by atoms with van der Waals surface area (Å²) < 4.78 is 0. The van der Waals surface area contributed by atoms with E-state index in [0.717, 1.165) is 38.5 Å². The number of hydrogen-bond acceptors (Lipinski definition) is 2. The van der Waals surface area contributed by atoms with Gasteiger partial charge in [-0.2, -0.15) is 0 Å². The summed E-state index contributed by atoms with van der Waals surface area (Å²) in [7, 11) is 0. The SMILES string of the molecule is C=CCCCC(CCCCN)C(=O)O. The third kappa shape index (κ3) is 6.66. The van der Waals surface area contributed by atoms with E-state index < -0.39 is 5.97 Å². The van der Waals surface area contributed by atoms with Crippen LogP contribution in [0.2, 0.25) is 0 Å². The van der Waals surface area contributed by atoms with Gasteiger partial charge in [-0.25, -0.2) is 0 Å². The third-order valence-electron chi connectivity index (χ3n) is 2.32. The van der Waals surface area contributed by atoms with Gasteiger partial charge in [0.15, 0.2) is 0 Å². The molecule has 0 aliphatic carbocycles. The van der Waals surface area contributed by atoms with Crippen LogP contribution < -0.4 is 5.73 Å². The first-order valence-electron chi connectivity index (χ1n) is 5.26. The first kappa shape index (κ1) is 13.2. The molecule has 14 heavy (non-hydrogen) atoms. The standard InChI is InChI=1S/C11H21NO2/c1-2-3-4-7-10(11(13)14)8-5-6-9-12/h2,10H,1,3-9,12H2,(H,13,14). The number of carbonyl (C=O) groups is 1.